The Morgan fingerprint density at radius 3 is 2.50 bits per heavy atom. The van der Waals surface area contributed by atoms with Gasteiger partial charge in [0.1, 0.15) is 0 Å². The van der Waals surface area contributed by atoms with Crippen molar-refractivity contribution < 1.29 is 9.59 Å². The Labute approximate surface area is 109 Å². The van der Waals surface area contributed by atoms with Crippen molar-refractivity contribution in [3.05, 3.63) is 0 Å². The van der Waals surface area contributed by atoms with E-state index in [1.165, 1.54) is 19.3 Å². The average Bonchev–Trinajstić information content (AvgIpc) is 2.29. The summed E-state index contributed by atoms with van der Waals surface area (Å²) in [7, 11) is 0. The maximum absolute atomic E-state index is 11.6. The molecule has 1 aliphatic carbocycles. The Balaban J connectivity index is 2.07. The van der Waals surface area contributed by atoms with Crippen LogP contribution in [-0.2, 0) is 9.59 Å². The quantitative estimate of drug-likeness (QED) is 0.652. The van der Waals surface area contributed by atoms with Crippen LogP contribution in [0.3, 0.4) is 0 Å². The SMILES string of the molecule is CC(N)CC(=O)NCCC(=O)NC1CCCCC1. The Morgan fingerprint density at radius 2 is 1.89 bits per heavy atom. The van der Waals surface area contributed by atoms with Crippen LogP contribution in [0, 0.1) is 0 Å². The monoisotopic (exact) mass is 255 g/mol. The van der Waals surface area contributed by atoms with Crippen molar-refractivity contribution in [2.45, 2.75) is 64.0 Å². The zero-order valence-electron chi connectivity index (χ0n) is 11.2. The van der Waals surface area contributed by atoms with Gasteiger partial charge in [-0.1, -0.05) is 19.3 Å². The fourth-order valence-corrected chi connectivity index (χ4v) is 2.23. The lowest BCUT2D eigenvalue weighted by Gasteiger charge is -2.22. The number of hydrogen-bond donors (Lipinski definition) is 3. The van der Waals surface area contributed by atoms with Crippen LogP contribution in [0.2, 0.25) is 0 Å². The molecule has 0 aliphatic heterocycles. The Kier molecular flexibility index (Phi) is 6.72. The van der Waals surface area contributed by atoms with Gasteiger partial charge in [0, 0.05) is 31.5 Å². The maximum Gasteiger partial charge on any atom is 0.221 e. The molecule has 1 unspecified atom stereocenters. The van der Waals surface area contributed by atoms with Crippen LogP contribution < -0.4 is 16.4 Å². The molecule has 1 atom stereocenters. The lowest BCUT2D eigenvalue weighted by molar-refractivity contribution is -0.122. The summed E-state index contributed by atoms with van der Waals surface area (Å²) in [5.41, 5.74) is 5.51. The van der Waals surface area contributed by atoms with Crippen molar-refractivity contribution >= 4 is 11.8 Å². The first-order chi connectivity index (χ1) is 8.58. The molecule has 4 N–H and O–H groups in total. The summed E-state index contributed by atoms with van der Waals surface area (Å²) in [5.74, 6) is -0.0570. The molecule has 2 amide bonds. The zero-order valence-corrected chi connectivity index (χ0v) is 11.2. The number of carbonyl (C=O) groups is 2. The molecule has 5 nitrogen and oxygen atoms in total. The zero-order chi connectivity index (χ0) is 13.4. The predicted octanol–water partition coefficient (Wildman–Crippen LogP) is 0.679. The summed E-state index contributed by atoms with van der Waals surface area (Å²) in [5, 5.41) is 5.72. The molecule has 0 aromatic rings. The molecule has 1 fully saturated rings. The minimum atomic E-state index is -0.138. The number of nitrogens with two attached hydrogens (primary N) is 1. The third-order valence-corrected chi connectivity index (χ3v) is 3.15. The fourth-order valence-electron chi connectivity index (χ4n) is 2.23. The largest absolute Gasteiger partial charge is 0.356 e. The van der Waals surface area contributed by atoms with E-state index in [1.807, 2.05) is 0 Å². The number of hydrogen-bond acceptors (Lipinski definition) is 3. The molecule has 0 aromatic heterocycles. The molecule has 0 radical (unpaired) electrons. The number of nitrogens with one attached hydrogen (secondary N) is 2. The van der Waals surface area contributed by atoms with Crippen molar-refractivity contribution in [2.24, 2.45) is 5.73 Å². The minimum absolute atomic E-state index is 0.0306. The summed E-state index contributed by atoms with van der Waals surface area (Å²) in [4.78, 5) is 22.9. The van der Waals surface area contributed by atoms with E-state index in [0.717, 1.165) is 12.8 Å². The van der Waals surface area contributed by atoms with E-state index in [0.29, 0.717) is 25.4 Å². The molecule has 1 aliphatic rings. The second kappa shape index (κ2) is 8.08. The van der Waals surface area contributed by atoms with Gasteiger partial charge in [0.15, 0.2) is 0 Å². The highest BCUT2D eigenvalue weighted by atomic mass is 16.2. The van der Waals surface area contributed by atoms with Crippen LogP contribution >= 0.6 is 0 Å². The second-order valence-electron chi connectivity index (χ2n) is 5.18. The fraction of sp³-hybridized carbons (Fsp3) is 0.846. The van der Waals surface area contributed by atoms with E-state index in [9.17, 15) is 9.59 Å². The molecule has 104 valence electrons. The van der Waals surface area contributed by atoms with Gasteiger partial charge in [-0.3, -0.25) is 9.59 Å². The Hall–Kier alpha value is -1.10. The first-order valence-electron chi connectivity index (χ1n) is 6.89. The average molecular weight is 255 g/mol. The van der Waals surface area contributed by atoms with Gasteiger partial charge < -0.3 is 16.4 Å². The summed E-state index contributed by atoms with van der Waals surface area (Å²) >= 11 is 0. The molecule has 0 bridgehead atoms. The Morgan fingerprint density at radius 1 is 1.22 bits per heavy atom. The van der Waals surface area contributed by atoms with E-state index in [-0.39, 0.29) is 17.9 Å². The molecular formula is C13H25N3O2. The highest BCUT2D eigenvalue weighted by Crippen LogP contribution is 2.17. The number of rotatable bonds is 6. The van der Waals surface area contributed by atoms with Gasteiger partial charge in [0.25, 0.3) is 0 Å². The van der Waals surface area contributed by atoms with E-state index in [1.54, 1.807) is 6.92 Å². The van der Waals surface area contributed by atoms with Crippen LogP contribution in [0.25, 0.3) is 0 Å². The summed E-state index contributed by atoms with van der Waals surface area (Å²) in [6, 6.07) is 0.201. The van der Waals surface area contributed by atoms with Gasteiger partial charge in [0.05, 0.1) is 0 Å². The van der Waals surface area contributed by atoms with Crippen molar-refractivity contribution in [2.75, 3.05) is 6.54 Å². The standard InChI is InChI=1S/C13H25N3O2/c1-10(14)9-13(18)15-8-7-12(17)16-11-5-3-2-4-6-11/h10-11H,2-9,14H2,1H3,(H,15,18)(H,16,17). The van der Waals surface area contributed by atoms with Crippen LogP contribution in [0.15, 0.2) is 0 Å². The lowest BCUT2D eigenvalue weighted by atomic mass is 9.95. The van der Waals surface area contributed by atoms with Crippen LogP contribution in [0.1, 0.15) is 51.9 Å². The second-order valence-corrected chi connectivity index (χ2v) is 5.18. The molecule has 5 heteroatoms. The summed E-state index contributed by atoms with van der Waals surface area (Å²) in [6.07, 6.45) is 6.52. The summed E-state index contributed by atoms with van der Waals surface area (Å²) in [6.45, 7) is 2.18. The van der Waals surface area contributed by atoms with E-state index < -0.39 is 0 Å². The normalized spacial score (nSPS) is 18.1. The molecule has 1 rings (SSSR count). The summed E-state index contributed by atoms with van der Waals surface area (Å²) < 4.78 is 0. The first-order valence-corrected chi connectivity index (χ1v) is 6.89. The third-order valence-electron chi connectivity index (χ3n) is 3.15. The molecule has 1 saturated carbocycles. The molecular weight excluding hydrogens is 230 g/mol. The van der Waals surface area contributed by atoms with Crippen LogP contribution in [0.5, 0.6) is 0 Å². The van der Waals surface area contributed by atoms with Gasteiger partial charge in [-0.25, -0.2) is 0 Å². The molecule has 0 aromatic carbocycles. The van der Waals surface area contributed by atoms with E-state index in [4.69, 9.17) is 5.73 Å². The lowest BCUT2D eigenvalue weighted by Crippen LogP contribution is -2.38. The first kappa shape index (κ1) is 15.0. The minimum Gasteiger partial charge on any atom is -0.356 e. The van der Waals surface area contributed by atoms with E-state index in [2.05, 4.69) is 10.6 Å². The smallest absolute Gasteiger partial charge is 0.221 e. The van der Waals surface area contributed by atoms with Crippen molar-refractivity contribution in [3.63, 3.8) is 0 Å². The van der Waals surface area contributed by atoms with Crippen molar-refractivity contribution in [1.82, 2.24) is 10.6 Å². The topological polar surface area (TPSA) is 84.2 Å². The molecule has 0 spiro atoms. The van der Waals surface area contributed by atoms with Gasteiger partial charge in [-0.2, -0.15) is 0 Å². The van der Waals surface area contributed by atoms with Crippen molar-refractivity contribution in [3.8, 4) is 0 Å². The number of amides is 2. The van der Waals surface area contributed by atoms with Gasteiger partial charge in [-0.05, 0) is 19.8 Å². The van der Waals surface area contributed by atoms with Gasteiger partial charge in [-0.15, -0.1) is 0 Å². The predicted molar refractivity (Wildman–Crippen MR) is 70.9 cm³/mol. The number of carbonyl (C=O) groups excluding carboxylic acids is 2. The van der Waals surface area contributed by atoms with Crippen LogP contribution in [0.4, 0.5) is 0 Å². The Bertz CT molecular complexity index is 273. The van der Waals surface area contributed by atoms with Crippen molar-refractivity contribution in [1.29, 1.82) is 0 Å². The van der Waals surface area contributed by atoms with Gasteiger partial charge in [0.2, 0.25) is 11.8 Å². The maximum atomic E-state index is 11.6. The third kappa shape index (κ3) is 6.59. The van der Waals surface area contributed by atoms with Gasteiger partial charge >= 0.3 is 0 Å². The molecule has 0 heterocycles. The van der Waals surface area contributed by atoms with E-state index >= 15 is 0 Å². The molecule has 0 saturated heterocycles. The highest BCUT2D eigenvalue weighted by Gasteiger charge is 2.15. The highest BCUT2D eigenvalue weighted by molar-refractivity contribution is 5.79. The molecule has 18 heavy (non-hydrogen) atoms. The van der Waals surface area contributed by atoms with Crippen LogP contribution in [-0.4, -0.2) is 30.4 Å².